The van der Waals surface area contributed by atoms with E-state index in [0.29, 0.717) is 25.4 Å². The Morgan fingerprint density at radius 2 is 2.36 bits per heavy atom. The van der Waals surface area contributed by atoms with Gasteiger partial charge in [-0.05, 0) is 19.4 Å². The monoisotopic (exact) mass is 304 g/mol. The van der Waals surface area contributed by atoms with Gasteiger partial charge in [0.2, 0.25) is 0 Å². The van der Waals surface area contributed by atoms with Gasteiger partial charge in [0.25, 0.3) is 5.91 Å². The molecule has 0 aromatic carbocycles. The maximum Gasteiger partial charge on any atom is 0.272 e. The largest absolute Gasteiger partial charge is 0.378 e. The van der Waals surface area contributed by atoms with Crippen LogP contribution in [0.25, 0.3) is 0 Å². The average molecular weight is 304 g/mol. The summed E-state index contributed by atoms with van der Waals surface area (Å²) in [7, 11) is 1.63. The number of hydrogen-bond acceptors (Lipinski definition) is 5. The topological polar surface area (TPSA) is 78.1 Å². The molecule has 2 aromatic rings. The Morgan fingerprint density at radius 1 is 1.50 bits per heavy atom. The lowest BCUT2D eigenvalue weighted by molar-refractivity contribution is 0.0774. The highest BCUT2D eigenvalue weighted by atomic mass is 16.5. The van der Waals surface area contributed by atoms with Crippen LogP contribution in [0, 0.1) is 0 Å². The number of carbonyl (C=O) groups excluding carboxylic acids is 1. The molecule has 22 heavy (non-hydrogen) atoms. The van der Waals surface area contributed by atoms with Crippen molar-refractivity contribution in [1.29, 1.82) is 0 Å². The zero-order valence-corrected chi connectivity index (χ0v) is 12.8. The van der Waals surface area contributed by atoms with Crippen molar-refractivity contribution in [2.24, 2.45) is 0 Å². The van der Waals surface area contributed by atoms with Crippen molar-refractivity contribution in [2.45, 2.75) is 32.5 Å². The van der Waals surface area contributed by atoms with Crippen molar-refractivity contribution in [3.05, 3.63) is 29.8 Å². The minimum atomic E-state index is 0.0269. The minimum Gasteiger partial charge on any atom is -0.378 e. The Balaban J connectivity index is 1.67. The number of rotatable bonds is 5. The van der Waals surface area contributed by atoms with E-state index in [9.17, 15) is 4.79 Å². The molecule has 118 valence electrons. The van der Waals surface area contributed by atoms with Crippen LogP contribution in [0.15, 0.2) is 18.5 Å². The van der Waals surface area contributed by atoms with Crippen molar-refractivity contribution in [3.63, 3.8) is 0 Å². The van der Waals surface area contributed by atoms with Gasteiger partial charge in [-0.3, -0.25) is 9.48 Å². The molecule has 0 aliphatic carbocycles. The van der Waals surface area contributed by atoms with Crippen LogP contribution in [-0.2, 0) is 17.9 Å². The normalized spacial score (nSPS) is 18.1. The fraction of sp³-hybridized carbons (Fsp3) is 0.571. The zero-order chi connectivity index (χ0) is 15.5. The molecular formula is C14H20N6O2. The highest BCUT2D eigenvalue weighted by molar-refractivity contribution is 5.92. The van der Waals surface area contributed by atoms with Crippen LogP contribution in [0.2, 0.25) is 0 Å². The van der Waals surface area contributed by atoms with Crippen LogP contribution in [-0.4, -0.2) is 55.8 Å². The summed E-state index contributed by atoms with van der Waals surface area (Å²) in [5, 5.41) is 12.4. The number of likely N-dealkylation sites (tertiary alicyclic amines) is 1. The van der Waals surface area contributed by atoms with Crippen molar-refractivity contribution in [1.82, 2.24) is 29.7 Å². The molecule has 1 fully saturated rings. The van der Waals surface area contributed by atoms with Crippen LogP contribution in [0.1, 0.15) is 35.6 Å². The highest BCUT2D eigenvalue weighted by Crippen LogP contribution is 2.22. The second-order valence-electron chi connectivity index (χ2n) is 5.35. The molecule has 3 rings (SSSR count). The van der Waals surface area contributed by atoms with Crippen LogP contribution < -0.4 is 0 Å². The van der Waals surface area contributed by atoms with Gasteiger partial charge in [-0.1, -0.05) is 5.21 Å². The summed E-state index contributed by atoms with van der Waals surface area (Å²) in [6.45, 7) is 4.48. The van der Waals surface area contributed by atoms with E-state index in [4.69, 9.17) is 4.74 Å². The molecule has 1 atom stereocenters. The van der Waals surface area contributed by atoms with Gasteiger partial charge in [-0.15, -0.1) is 5.10 Å². The molecule has 0 N–H and O–H groups in total. The molecule has 0 radical (unpaired) electrons. The second-order valence-corrected chi connectivity index (χ2v) is 5.35. The average Bonchev–Trinajstić information content (AvgIpc) is 3.26. The van der Waals surface area contributed by atoms with Crippen molar-refractivity contribution in [3.8, 4) is 0 Å². The van der Waals surface area contributed by atoms with Gasteiger partial charge in [0.15, 0.2) is 0 Å². The number of nitrogens with zero attached hydrogens (tertiary/aromatic N) is 6. The number of aryl methyl sites for hydroxylation is 1. The number of ether oxygens (including phenoxy) is 1. The third kappa shape index (κ3) is 2.74. The molecule has 1 aliphatic rings. The molecule has 1 saturated heterocycles. The predicted molar refractivity (Wildman–Crippen MR) is 78.2 cm³/mol. The van der Waals surface area contributed by atoms with E-state index in [1.165, 1.54) is 0 Å². The molecule has 8 nitrogen and oxygen atoms in total. The van der Waals surface area contributed by atoms with Crippen molar-refractivity contribution in [2.75, 3.05) is 20.2 Å². The molecule has 1 unspecified atom stereocenters. The lowest BCUT2D eigenvalue weighted by Crippen LogP contribution is -2.31. The molecular weight excluding hydrogens is 284 g/mol. The molecule has 8 heteroatoms. The van der Waals surface area contributed by atoms with Crippen LogP contribution in [0.5, 0.6) is 0 Å². The quantitative estimate of drug-likeness (QED) is 0.813. The Kier molecular flexibility index (Phi) is 4.19. The number of methoxy groups -OCH3 is 1. The van der Waals surface area contributed by atoms with Gasteiger partial charge in [0.1, 0.15) is 11.4 Å². The van der Waals surface area contributed by atoms with E-state index < -0.39 is 0 Å². The summed E-state index contributed by atoms with van der Waals surface area (Å²) in [6.07, 6.45) is 4.43. The molecule has 1 aliphatic heterocycles. The first-order valence-electron chi connectivity index (χ1n) is 7.43. The van der Waals surface area contributed by atoms with Crippen LogP contribution in [0.3, 0.4) is 0 Å². The van der Waals surface area contributed by atoms with Gasteiger partial charge in [0, 0.05) is 32.9 Å². The first-order chi connectivity index (χ1) is 10.7. The SMILES string of the molecule is CCn1nccc1C(=O)N1CCC(n2cc(COC)nn2)C1. The van der Waals surface area contributed by atoms with Gasteiger partial charge in [0.05, 0.1) is 18.8 Å². The molecule has 1 amide bonds. The van der Waals surface area contributed by atoms with E-state index in [-0.39, 0.29) is 11.9 Å². The third-order valence-electron chi connectivity index (χ3n) is 3.91. The lowest BCUT2D eigenvalue weighted by atomic mass is 10.3. The van der Waals surface area contributed by atoms with Crippen LogP contribution in [0.4, 0.5) is 0 Å². The third-order valence-corrected chi connectivity index (χ3v) is 3.91. The fourth-order valence-electron chi connectivity index (χ4n) is 2.78. The Labute approximate surface area is 128 Å². The molecule has 2 aromatic heterocycles. The smallest absolute Gasteiger partial charge is 0.272 e. The Bertz CT molecular complexity index is 649. The van der Waals surface area contributed by atoms with Gasteiger partial charge in [-0.2, -0.15) is 5.10 Å². The number of amides is 1. The maximum absolute atomic E-state index is 12.6. The number of aromatic nitrogens is 5. The predicted octanol–water partition coefficient (Wildman–Crippen LogP) is 0.728. The Morgan fingerprint density at radius 3 is 3.14 bits per heavy atom. The van der Waals surface area contributed by atoms with Gasteiger partial charge < -0.3 is 9.64 Å². The molecule has 0 bridgehead atoms. The first kappa shape index (κ1) is 14.7. The molecule has 3 heterocycles. The fourth-order valence-corrected chi connectivity index (χ4v) is 2.78. The summed E-state index contributed by atoms with van der Waals surface area (Å²) >= 11 is 0. The van der Waals surface area contributed by atoms with Crippen molar-refractivity contribution >= 4 is 5.91 Å². The summed E-state index contributed by atoms with van der Waals surface area (Å²) in [5.74, 6) is 0.0269. The molecule has 0 saturated carbocycles. The number of carbonyl (C=O) groups is 1. The van der Waals surface area contributed by atoms with Crippen LogP contribution >= 0.6 is 0 Å². The van der Waals surface area contributed by atoms with E-state index in [0.717, 1.165) is 18.7 Å². The van der Waals surface area contributed by atoms with E-state index in [1.54, 1.807) is 24.1 Å². The Hall–Kier alpha value is -2.22. The first-order valence-corrected chi connectivity index (χ1v) is 7.43. The number of hydrogen-bond donors (Lipinski definition) is 0. The summed E-state index contributed by atoms with van der Waals surface area (Å²) in [6, 6.07) is 1.94. The standard InChI is InChI=1S/C14H20N6O2/c1-3-19-13(4-6-15-19)14(21)18-7-5-12(9-18)20-8-11(10-22-2)16-17-20/h4,6,8,12H,3,5,7,9-10H2,1-2H3. The van der Waals surface area contributed by atoms with Gasteiger partial charge >= 0.3 is 0 Å². The van der Waals surface area contributed by atoms with E-state index >= 15 is 0 Å². The minimum absolute atomic E-state index is 0.0269. The second kappa shape index (κ2) is 6.27. The lowest BCUT2D eigenvalue weighted by Gasteiger charge is -2.16. The highest BCUT2D eigenvalue weighted by Gasteiger charge is 2.30. The van der Waals surface area contributed by atoms with E-state index in [2.05, 4.69) is 15.4 Å². The van der Waals surface area contributed by atoms with Crippen molar-refractivity contribution < 1.29 is 9.53 Å². The van der Waals surface area contributed by atoms with Gasteiger partial charge in [-0.25, -0.2) is 4.68 Å². The maximum atomic E-state index is 12.6. The zero-order valence-electron chi connectivity index (χ0n) is 12.8. The summed E-state index contributed by atoms with van der Waals surface area (Å²) in [4.78, 5) is 14.4. The molecule has 0 spiro atoms. The van der Waals surface area contributed by atoms with E-state index in [1.807, 2.05) is 22.7 Å². The summed E-state index contributed by atoms with van der Waals surface area (Å²) < 4.78 is 8.60. The summed E-state index contributed by atoms with van der Waals surface area (Å²) in [5.41, 5.74) is 1.44.